The molecule has 1 rings (SSSR count). The molecule has 8 heteroatoms. The molecule has 0 radical (unpaired) electrons. The zero-order chi connectivity index (χ0) is 14.1. The molecule has 0 saturated carbocycles. The van der Waals surface area contributed by atoms with Crippen LogP contribution in [0.1, 0.15) is 10.9 Å². The van der Waals surface area contributed by atoms with Gasteiger partial charge in [-0.3, -0.25) is 0 Å². The van der Waals surface area contributed by atoms with Crippen molar-refractivity contribution in [2.75, 3.05) is 7.11 Å². The van der Waals surface area contributed by atoms with Gasteiger partial charge in [0.25, 0.3) is 0 Å². The van der Waals surface area contributed by atoms with Gasteiger partial charge in [0.15, 0.2) is 0 Å². The van der Waals surface area contributed by atoms with E-state index in [1.54, 1.807) is 0 Å². The highest BCUT2D eigenvalue weighted by atomic mass is 79.9. The summed E-state index contributed by atoms with van der Waals surface area (Å²) >= 11 is 8.13. The fourth-order valence-corrected chi connectivity index (χ4v) is 2.21. The Morgan fingerprint density at radius 3 is 2.17 bits per heavy atom. The monoisotopic (exact) mass is 352 g/mol. The summed E-state index contributed by atoms with van der Waals surface area (Å²) in [5, 5.41) is -2.52. The van der Waals surface area contributed by atoms with Crippen molar-refractivity contribution in [3.8, 4) is 5.75 Å². The normalized spacial score (nSPS) is 14.4. The lowest BCUT2D eigenvalue weighted by molar-refractivity contribution is -0.283. The summed E-state index contributed by atoms with van der Waals surface area (Å²) in [6.45, 7) is 0. The van der Waals surface area contributed by atoms with Gasteiger partial charge in [-0.05, 0) is 17.7 Å². The first-order chi connectivity index (χ1) is 8.11. The topological polar surface area (TPSA) is 9.23 Å². The minimum absolute atomic E-state index is 0.0192. The second-order valence-electron chi connectivity index (χ2n) is 3.37. The van der Waals surface area contributed by atoms with Gasteiger partial charge in [-0.1, -0.05) is 22.0 Å². The van der Waals surface area contributed by atoms with Crippen LogP contribution in [0.5, 0.6) is 5.75 Å². The molecule has 1 nitrogen and oxygen atoms in total. The Morgan fingerprint density at radius 2 is 1.78 bits per heavy atom. The number of rotatable bonds is 3. The highest BCUT2D eigenvalue weighted by Crippen LogP contribution is 2.49. The Hall–Kier alpha value is -0.560. The SMILES string of the molecule is COc1ccc(C(Cl)C(F)(F)C(F)(F)F)c(Br)c1. The third-order valence-corrected chi connectivity index (χ3v) is 3.37. The molecule has 18 heavy (non-hydrogen) atoms. The van der Waals surface area contributed by atoms with Crippen molar-refractivity contribution < 1.29 is 26.7 Å². The maximum atomic E-state index is 13.1. The van der Waals surface area contributed by atoms with Gasteiger partial charge in [0.2, 0.25) is 0 Å². The molecule has 0 heterocycles. The van der Waals surface area contributed by atoms with Crippen LogP contribution in [-0.4, -0.2) is 19.2 Å². The predicted octanol–water partition coefficient (Wildman–Crippen LogP) is 4.94. The van der Waals surface area contributed by atoms with E-state index < -0.39 is 17.5 Å². The summed E-state index contributed by atoms with van der Waals surface area (Å²) in [7, 11) is 1.34. The third-order valence-electron chi connectivity index (χ3n) is 2.18. The molecule has 0 bridgehead atoms. The van der Waals surface area contributed by atoms with Crippen LogP contribution < -0.4 is 4.74 Å². The smallest absolute Gasteiger partial charge is 0.455 e. The summed E-state index contributed by atoms with van der Waals surface area (Å²) in [6, 6.07) is 3.57. The second kappa shape index (κ2) is 5.21. The number of hydrogen-bond acceptors (Lipinski definition) is 1. The van der Waals surface area contributed by atoms with Crippen molar-refractivity contribution in [3.63, 3.8) is 0 Å². The first-order valence-electron chi connectivity index (χ1n) is 4.53. The number of benzene rings is 1. The average Bonchev–Trinajstić information content (AvgIpc) is 2.26. The van der Waals surface area contributed by atoms with E-state index in [-0.39, 0.29) is 10.0 Å². The van der Waals surface area contributed by atoms with Crippen LogP contribution in [0.15, 0.2) is 22.7 Å². The molecule has 102 valence electrons. The number of alkyl halides is 6. The van der Waals surface area contributed by atoms with E-state index >= 15 is 0 Å². The molecule has 0 aliphatic carbocycles. The third kappa shape index (κ3) is 2.88. The minimum Gasteiger partial charge on any atom is -0.497 e. The van der Waals surface area contributed by atoms with Crippen LogP contribution in [0.4, 0.5) is 22.0 Å². The van der Waals surface area contributed by atoms with E-state index in [9.17, 15) is 22.0 Å². The Kier molecular flexibility index (Phi) is 4.48. The fraction of sp³-hybridized carbons (Fsp3) is 0.400. The predicted molar refractivity (Wildman–Crippen MR) is 60.3 cm³/mol. The fourth-order valence-electron chi connectivity index (χ4n) is 1.18. The lowest BCUT2D eigenvalue weighted by Crippen LogP contribution is -2.40. The van der Waals surface area contributed by atoms with Crippen molar-refractivity contribution >= 4 is 27.5 Å². The largest absolute Gasteiger partial charge is 0.497 e. The van der Waals surface area contributed by atoms with Crippen LogP contribution in [0, 0.1) is 0 Å². The highest BCUT2D eigenvalue weighted by molar-refractivity contribution is 9.10. The maximum absolute atomic E-state index is 13.1. The first-order valence-corrected chi connectivity index (χ1v) is 5.76. The average molecular weight is 354 g/mol. The molecule has 1 atom stereocenters. The lowest BCUT2D eigenvalue weighted by Gasteiger charge is -2.25. The quantitative estimate of drug-likeness (QED) is 0.553. The maximum Gasteiger partial charge on any atom is 0.455 e. The highest BCUT2D eigenvalue weighted by Gasteiger charge is 2.62. The standard InChI is InChI=1S/C10H7BrClF5O/c1-18-5-2-3-6(7(11)4-5)8(12)9(13,14)10(15,16)17/h2-4,8H,1H3. The summed E-state index contributed by atoms with van der Waals surface area (Å²) in [6.07, 6.45) is -5.71. The van der Waals surface area contributed by atoms with Gasteiger partial charge in [0.1, 0.15) is 11.1 Å². The number of hydrogen-bond donors (Lipinski definition) is 0. The van der Waals surface area contributed by atoms with Crippen LogP contribution in [0.3, 0.4) is 0 Å². The zero-order valence-electron chi connectivity index (χ0n) is 8.86. The van der Waals surface area contributed by atoms with Crippen molar-refractivity contribution in [1.82, 2.24) is 0 Å². The Balaban J connectivity index is 3.15. The molecule has 1 aromatic rings. The van der Waals surface area contributed by atoms with Gasteiger partial charge >= 0.3 is 12.1 Å². The van der Waals surface area contributed by atoms with Gasteiger partial charge in [0.05, 0.1) is 7.11 Å². The molecule has 1 aromatic carbocycles. The van der Waals surface area contributed by atoms with Crippen LogP contribution >= 0.6 is 27.5 Å². The minimum atomic E-state index is -5.71. The van der Waals surface area contributed by atoms with E-state index in [2.05, 4.69) is 15.9 Å². The van der Waals surface area contributed by atoms with Gasteiger partial charge in [-0.2, -0.15) is 22.0 Å². The molecule has 0 N–H and O–H groups in total. The molecular weight excluding hydrogens is 346 g/mol. The van der Waals surface area contributed by atoms with E-state index in [1.807, 2.05) is 0 Å². The Bertz CT molecular complexity index is 435. The second-order valence-corrected chi connectivity index (χ2v) is 4.66. The van der Waals surface area contributed by atoms with Gasteiger partial charge in [-0.15, -0.1) is 11.6 Å². The van der Waals surface area contributed by atoms with E-state index in [0.717, 1.165) is 6.07 Å². The van der Waals surface area contributed by atoms with Crippen molar-refractivity contribution in [3.05, 3.63) is 28.2 Å². The molecule has 1 unspecified atom stereocenters. The van der Waals surface area contributed by atoms with Crippen molar-refractivity contribution in [2.24, 2.45) is 0 Å². The van der Waals surface area contributed by atoms with Gasteiger partial charge in [0, 0.05) is 4.47 Å². The Morgan fingerprint density at radius 1 is 1.22 bits per heavy atom. The molecule has 0 aromatic heterocycles. The van der Waals surface area contributed by atoms with Crippen LogP contribution in [0.2, 0.25) is 0 Å². The molecule has 0 amide bonds. The van der Waals surface area contributed by atoms with Crippen LogP contribution in [0.25, 0.3) is 0 Å². The van der Waals surface area contributed by atoms with E-state index in [1.165, 1.54) is 19.2 Å². The zero-order valence-corrected chi connectivity index (χ0v) is 11.2. The van der Waals surface area contributed by atoms with Crippen molar-refractivity contribution in [1.29, 1.82) is 0 Å². The molecule has 0 aliphatic heterocycles. The molecular formula is C10H7BrClF5O. The van der Waals surface area contributed by atoms with Gasteiger partial charge < -0.3 is 4.74 Å². The molecule has 0 saturated heterocycles. The first kappa shape index (κ1) is 15.5. The molecule has 0 spiro atoms. The van der Waals surface area contributed by atoms with E-state index in [4.69, 9.17) is 16.3 Å². The summed E-state index contributed by atoms with van der Waals surface area (Å²) < 4.78 is 67.5. The number of methoxy groups -OCH3 is 1. The van der Waals surface area contributed by atoms with Crippen molar-refractivity contribution in [2.45, 2.75) is 17.5 Å². The van der Waals surface area contributed by atoms with E-state index in [0.29, 0.717) is 5.75 Å². The summed E-state index contributed by atoms with van der Waals surface area (Å²) in [4.78, 5) is 0. The van der Waals surface area contributed by atoms with Gasteiger partial charge in [-0.25, -0.2) is 0 Å². The lowest BCUT2D eigenvalue weighted by atomic mass is 10.1. The number of ether oxygens (including phenoxy) is 1. The number of halogens is 7. The summed E-state index contributed by atoms with van der Waals surface area (Å²) in [5.41, 5.74) is -0.361. The van der Waals surface area contributed by atoms with Crippen LogP contribution in [-0.2, 0) is 0 Å². The Labute approximate surface area is 113 Å². The summed E-state index contributed by atoms with van der Waals surface area (Å²) in [5.74, 6) is -4.71. The molecule has 0 fully saturated rings. The molecule has 0 aliphatic rings.